The second kappa shape index (κ2) is 9.94. The maximum absolute atomic E-state index is 12.9. The molecule has 0 aliphatic carbocycles. The number of nitrogens with one attached hydrogen (secondary N) is 2. The maximum atomic E-state index is 12.9. The van der Waals surface area contributed by atoms with Crippen molar-refractivity contribution in [3.8, 4) is 0 Å². The maximum Gasteiger partial charge on any atom is 0.318 e. The summed E-state index contributed by atoms with van der Waals surface area (Å²) in [5.41, 5.74) is 0.705. The summed E-state index contributed by atoms with van der Waals surface area (Å²) < 4.78 is 12.9. The van der Waals surface area contributed by atoms with Crippen LogP contribution in [-0.2, 0) is 0 Å². The van der Waals surface area contributed by atoms with Crippen LogP contribution in [0.25, 0.3) is 6.08 Å². The molecule has 5 heteroatoms. The minimum atomic E-state index is -0.294. The van der Waals surface area contributed by atoms with Crippen molar-refractivity contribution in [3.63, 3.8) is 0 Å². The lowest BCUT2D eigenvalue weighted by Gasteiger charge is -2.17. The third-order valence-corrected chi connectivity index (χ3v) is 3.17. The number of carbonyl (C=O) groups is 1. The van der Waals surface area contributed by atoms with Gasteiger partial charge in [-0.1, -0.05) is 26.0 Å². The average Bonchev–Trinajstić information content (AvgIpc) is 2.47. The van der Waals surface area contributed by atoms with Crippen LogP contribution in [0.2, 0.25) is 0 Å². The highest BCUT2D eigenvalue weighted by Gasteiger charge is 2.00. The Bertz CT molecular complexity index is 459. The van der Waals surface area contributed by atoms with E-state index in [1.807, 2.05) is 0 Å². The monoisotopic (exact) mass is 293 g/mol. The van der Waals surface area contributed by atoms with Gasteiger partial charge in [0.1, 0.15) is 5.82 Å². The molecule has 1 aromatic rings. The van der Waals surface area contributed by atoms with Gasteiger partial charge in [-0.25, -0.2) is 9.18 Å². The average molecular weight is 293 g/mol. The van der Waals surface area contributed by atoms with E-state index in [0.29, 0.717) is 12.1 Å². The molecule has 0 fully saturated rings. The van der Waals surface area contributed by atoms with Crippen LogP contribution in [0, 0.1) is 5.82 Å². The Morgan fingerprint density at radius 2 is 2.10 bits per heavy atom. The standard InChI is InChI=1S/C16H24FN3O/c1-3-20(4-2)12-6-10-18-16(21)19-11-9-14-7-5-8-15(17)13-14/h5,7-9,11,13H,3-4,6,10,12H2,1-2H3,(H2,18,19,21)/b11-9+. The smallest absolute Gasteiger partial charge is 0.318 e. The highest BCUT2D eigenvalue weighted by molar-refractivity contribution is 5.75. The number of hydrogen-bond acceptors (Lipinski definition) is 2. The van der Waals surface area contributed by atoms with E-state index in [2.05, 4.69) is 29.4 Å². The quantitative estimate of drug-likeness (QED) is 0.724. The van der Waals surface area contributed by atoms with Crippen LogP contribution < -0.4 is 10.6 Å². The van der Waals surface area contributed by atoms with Gasteiger partial charge in [0.05, 0.1) is 0 Å². The summed E-state index contributed by atoms with van der Waals surface area (Å²) in [6.45, 7) is 7.92. The van der Waals surface area contributed by atoms with Crippen LogP contribution in [0.5, 0.6) is 0 Å². The minimum absolute atomic E-state index is 0.248. The van der Waals surface area contributed by atoms with Crippen molar-refractivity contribution in [2.24, 2.45) is 0 Å². The van der Waals surface area contributed by atoms with E-state index in [9.17, 15) is 9.18 Å². The van der Waals surface area contributed by atoms with Gasteiger partial charge in [0.15, 0.2) is 0 Å². The summed E-state index contributed by atoms with van der Waals surface area (Å²) in [5, 5.41) is 5.38. The predicted molar refractivity (Wildman–Crippen MR) is 84.4 cm³/mol. The summed E-state index contributed by atoms with van der Waals surface area (Å²) in [5.74, 6) is -0.294. The fourth-order valence-corrected chi connectivity index (χ4v) is 1.92. The van der Waals surface area contributed by atoms with Crippen molar-refractivity contribution in [2.45, 2.75) is 20.3 Å². The molecule has 4 nitrogen and oxygen atoms in total. The largest absolute Gasteiger partial charge is 0.338 e. The van der Waals surface area contributed by atoms with E-state index in [1.165, 1.54) is 18.3 Å². The number of urea groups is 1. The SMILES string of the molecule is CCN(CC)CCCNC(=O)N/C=C/c1cccc(F)c1. The molecule has 2 amide bonds. The normalized spacial score (nSPS) is 11.0. The Morgan fingerprint density at radius 3 is 2.76 bits per heavy atom. The van der Waals surface area contributed by atoms with Crippen LogP contribution in [0.1, 0.15) is 25.8 Å². The molecule has 0 radical (unpaired) electrons. The third kappa shape index (κ3) is 7.46. The van der Waals surface area contributed by atoms with Gasteiger partial charge in [0.2, 0.25) is 0 Å². The summed E-state index contributed by atoms with van der Waals surface area (Å²) >= 11 is 0. The molecule has 0 spiro atoms. The van der Waals surface area contributed by atoms with Crippen molar-refractivity contribution < 1.29 is 9.18 Å². The number of amides is 2. The van der Waals surface area contributed by atoms with Gasteiger partial charge in [-0.3, -0.25) is 0 Å². The third-order valence-electron chi connectivity index (χ3n) is 3.17. The number of nitrogens with zero attached hydrogens (tertiary/aromatic N) is 1. The van der Waals surface area contributed by atoms with Gasteiger partial charge < -0.3 is 15.5 Å². The fourth-order valence-electron chi connectivity index (χ4n) is 1.92. The minimum Gasteiger partial charge on any atom is -0.338 e. The summed E-state index contributed by atoms with van der Waals surface area (Å²) in [7, 11) is 0. The Morgan fingerprint density at radius 1 is 1.33 bits per heavy atom. The molecule has 116 valence electrons. The van der Waals surface area contributed by atoms with Gasteiger partial charge in [0, 0.05) is 12.7 Å². The lowest BCUT2D eigenvalue weighted by atomic mass is 10.2. The van der Waals surface area contributed by atoms with Crippen LogP contribution in [-0.4, -0.2) is 37.1 Å². The van der Waals surface area contributed by atoms with Crippen LogP contribution in [0.15, 0.2) is 30.5 Å². The van der Waals surface area contributed by atoms with Crippen molar-refractivity contribution >= 4 is 12.1 Å². The number of benzene rings is 1. The first-order valence-corrected chi connectivity index (χ1v) is 7.34. The van der Waals surface area contributed by atoms with E-state index in [-0.39, 0.29) is 11.8 Å². The van der Waals surface area contributed by atoms with E-state index < -0.39 is 0 Å². The molecule has 0 unspecified atom stereocenters. The molecule has 0 bridgehead atoms. The van der Waals surface area contributed by atoms with E-state index in [1.54, 1.807) is 18.2 Å². The molecular weight excluding hydrogens is 269 g/mol. The molecule has 0 saturated carbocycles. The van der Waals surface area contributed by atoms with Crippen molar-refractivity contribution in [1.82, 2.24) is 15.5 Å². The summed E-state index contributed by atoms with van der Waals surface area (Å²) in [6.07, 6.45) is 4.08. The topological polar surface area (TPSA) is 44.4 Å². The van der Waals surface area contributed by atoms with Crippen LogP contribution in [0.3, 0.4) is 0 Å². The molecule has 0 aliphatic rings. The van der Waals surface area contributed by atoms with Gasteiger partial charge >= 0.3 is 6.03 Å². The highest BCUT2D eigenvalue weighted by Crippen LogP contribution is 2.04. The lowest BCUT2D eigenvalue weighted by molar-refractivity contribution is 0.242. The molecule has 0 heterocycles. The van der Waals surface area contributed by atoms with Gasteiger partial charge in [0.25, 0.3) is 0 Å². The zero-order valence-corrected chi connectivity index (χ0v) is 12.7. The van der Waals surface area contributed by atoms with Crippen molar-refractivity contribution in [1.29, 1.82) is 0 Å². The molecular formula is C16H24FN3O. The fraction of sp³-hybridized carbons (Fsp3) is 0.438. The first kappa shape index (κ1) is 17.2. The molecule has 0 atom stereocenters. The van der Waals surface area contributed by atoms with E-state index >= 15 is 0 Å². The Kier molecular flexibility index (Phi) is 8.12. The number of halogens is 1. The molecule has 1 rings (SSSR count). The van der Waals surface area contributed by atoms with Crippen molar-refractivity contribution in [2.75, 3.05) is 26.2 Å². The van der Waals surface area contributed by atoms with Gasteiger partial charge in [-0.15, -0.1) is 0 Å². The highest BCUT2D eigenvalue weighted by atomic mass is 19.1. The Balaban J connectivity index is 2.19. The summed E-state index contributed by atoms with van der Waals surface area (Å²) in [6, 6.07) is 5.93. The first-order valence-electron chi connectivity index (χ1n) is 7.34. The van der Waals surface area contributed by atoms with Gasteiger partial charge in [-0.05, 0) is 49.8 Å². The van der Waals surface area contributed by atoms with E-state index in [4.69, 9.17) is 0 Å². The van der Waals surface area contributed by atoms with Crippen LogP contribution >= 0.6 is 0 Å². The number of hydrogen-bond donors (Lipinski definition) is 2. The second-order valence-electron chi connectivity index (χ2n) is 4.67. The molecule has 0 aromatic heterocycles. The Labute approximate surface area is 126 Å². The zero-order valence-electron chi connectivity index (χ0n) is 12.7. The lowest BCUT2D eigenvalue weighted by Crippen LogP contribution is -2.34. The molecule has 2 N–H and O–H groups in total. The van der Waals surface area contributed by atoms with Crippen LogP contribution in [0.4, 0.5) is 9.18 Å². The molecule has 0 aliphatic heterocycles. The molecule has 0 saturated heterocycles. The first-order chi connectivity index (χ1) is 10.2. The second-order valence-corrected chi connectivity index (χ2v) is 4.67. The zero-order chi connectivity index (χ0) is 15.5. The molecule has 1 aromatic carbocycles. The van der Waals surface area contributed by atoms with E-state index in [0.717, 1.165) is 26.1 Å². The molecule has 21 heavy (non-hydrogen) atoms. The van der Waals surface area contributed by atoms with Crippen molar-refractivity contribution in [3.05, 3.63) is 41.8 Å². The predicted octanol–water partition coefficient (Wildman–Crippen LogP) is 2.83. The number of rotatable bonds is 8. The van der Waals surface area contributed by atoms with Gasteiger partial charge in [-0.2, -0.15) is 0 Å². The Hall–Kier alpha value is -1.88. The number of carbonyl (C=O) groups excluding carboxylic acids is 1. The summed E-state index contributed by atoms with van der Waals surface area (Å²) in [4.78, 5) is 13.8.